The number of piperidine rings is 1. The smallest absolute Gasteiger partial charge is 0.349 e. The lowest BCUT2D eigenvalue weighted by Gasteiger charge is -2.39. The molecular weight excluding hydrogens is 492 g/mol. The number of oxazole rings is 1. The van der Waals surface area contributed by atoms with Gasteiger partial charge < -0.3 is 18.8 Å². The Morgan fingerprint density at radius 1 is 1.19 bits per heavy atom. The van der Waals surface area contributed by atoms with Crippen molar-refractivity contribution in [2.75, 3.05) is 24.7 Å². The van der Waals surface area contributed by atoms with Gasteiger partial charge in [0.25, 0.3) is 0 Å². The fraction of sp³-hybridized carbons (Fsp3) is 0.464. The summed E-state index contributed by atoms with van der Waals surface area (Å²) in [7, 11) is 1.73. The van der Waals surface area contributed by atoms with Crippen molar-refractivity contribution in [2.45, 2.75) is 57.6 Å². The SMILES string of the molecule is CCC1CC(c2nc3cc(C)ccc3o2)CCN1c1nc(=O)n(C)c2cc(OC3CCOC3)c(Cl)cc12. The van der Waals surface area contributed by atoms with Gasteiger partial charge in [0.05, 0.1) is 23.8 Å². The lowest BCUT2D eigenvalue weighted by Crippen LogP contribution is -2.43. The number of hydrogen-bond donors (Lipinski definition) is 0. The van der Waals surface area contributed by atoms with E-state index in [1.54, 1.807) is 11.6 Å². The molecule has 0 radical (unpaired) electrons. The van der Waals surface area contributed by atoms with Crippen LogP contribution in [0.5, 0.6) is 5.75 Å². The van der Waals surface area contributed by atoms with Gasteiger partial charge in [-0.05, 0) is 49.9 Å². The number of hydrogen-bond acceptors (Lipinski definition) is 7. The molecule has 2 saturated heterocycles. The van der Waals surface area contributed by atoms with Crippen molar-refractivity contribution in [1.29, 1.82) is 0 Å². The molecule has 2 aliphatic rings. The summed E-state index contributed by atoms with van der Waals surface area (Å²) in [5, 5.41) is 1.35. The lowest BCUT2D eigenvalue weighted by molar-refractivity contribution is 0.141. The molecule has 2 aliphatic heterocycles. The van der Waals surface area contributed by atoms with Gasteiger partial charge in [-0.15, -0.1) is 0 Å². The van der Waals surface area contributed by atoms with Crippen LogP contribution in [0.1, 0.15) is 50.0 Å². The van der Waals surface area contributed by atoms with Gasteiger partial charge in [0.2, 0.25) is 0 Å². The number of ether oxygens (including phenoxy) is 2. The summed E-state index contributed by atoms with van der Waals surface area (Å²) in [6.45, 7) is 6.19. The van der Waals surface area contributed by atoms with E-state index in [-0.39, 0.29) is 23.8 Å². The highest BCUT2D eigenvalue weighted by atomic mass is 35.5. The maximum atomic E-state index is 13.0. The molecule has 194 valence electrons. The van der Waals surface area contributed by atoms with Crippen LogP contribution in [0.4, 0.5) is 5.82 Å². The molecule has 6 rings (SSSR count). The molecule has 8 nitrogen and oxygen atoms in total. The molecule has 0 aliphatic carbocycles. The van der Waals surface area contributed by atoms with Crippen LogP contribution in [0.25, 0.3) is 22.0 Å². The minimum absolute atomic E-state index is 0.0347. The summed E-state index contributed by atoms with van der Waals surface area (Å²) in [5.41, 5.74) is 3.35. The first-order valence-electron chi connectivity index (χ1n) is 13.0. The van der Waals surface area contributed by atoms with Crippen LogP contribution in [0.15, 0.2) is 39.5 Å². The monoisotopic (exact) mass is 522 g/mol. The molecule has 3 unspecified atom stereocenters. The van der Waals surface area contributed by atoms with E-state index in [1.807, 2.05) is 24.3 Å². The molecule has 0 N–H and O–H groups in total. The number of halogens is 1. The Labute approximate surface area is 220 Å². The van der Waals surface area contributed by atoms with Gasteiger partial charge in [-0.25, -0.2) is 9.78 Å². The minimum Gasteiger partial charge on any atom is -0.486 e. The summed E-state index contributed by atoms with van der Waals surface area (Å²) in [6, 6.07) is 10.0. The van der Waals surface area contributed by atoms with Crippen molar-refractivity contribution in [1.82, 2.24) is 14.5 Å². The molecule has 4 heterocycles. The van der Waals surface area contributed by atoms with Gasteiger partial charge >= 0.3 is 5.69 Å². The number of aryl methyl sites for hydroxylation is 2. The van der Waals surface area contributed by atoms with Crippen molar-refractivity contribution in [3.05, 3.63) is 57.3 Å². The summed E-state index contributed by atoms with van der Waals surface area (Å²) < 4.78 is 19.2. The second kappa shape index (κ2) is 9.65. The Morgan fingerprint density at radius 3 is 2.84 bits per heavy atom. The van der Waals surface area contributed by atoms with Crippen LogP contribution in [0, 0.1) is 6.92 Å². The third-order valence-corrected chi connectivity index (χ3v) is 7.99. The van der Waals surface area contributed by atoms with Crippen molar-refractivity contribution < 1.29 is 13.9 Å². The summed E-state index contributed by atoms with van der Waals surface area (Å²) in [5.74, 6) is 2.24. The quantitative estimate of drug-likeness (QED) is 0.348. The molecule has 4 aromatic rings. The van der Waals surface area contributed by atoms with Crippen LogP contribution in [0.2, 0.25) is 5.02 Å². The predicted molar refractivity (Wildman–Crippen MR) is 144 cm³/mol. The molecule has 2 aromatic carbocycles. The zero-order valence-corrected chi connectivity index (χ0v) is 22.1. The maximum Gasteiger partial charge on any atom is 0.349 e. The average Bonchev–Trinajstić information content (AvgIpc) is 3.56. The van der Waals surface area contributed by atoms with Gasteiger partial charge in [-0.3, -0.25) is 4.57 Å². The zero-order valence-electron chi connectivity index (χ0n) is 21.4. The number of fused-ring (bicyclic) bond motifs is 2. The first kappa shape index (κ1) is 24.2. The van der Waals surface area contributed by atoms with Crippen LogP contribution in [-0.2, 0) is 11.8 Å². The van der Waals surface area contributed by atoms with Gasteiger partial charge in [0.15, 0.2) is 11.5 Å². The number of anilines is 1. The van der Waals surface area contributed by atoms with Gasteiger partial charge in [-0.2, -0.15) is 4.98 Å². The molecule has 0 saturated carbocycles. The van der Waals surface area contributed by atoms with E-state index in [1.165, 1.54) is 5.56 Å². The summed E-state index contributed by atoms with van der Waals surface area (Å²) >= 11 is 6.69. The Hall–Kier alpha value is -3.10. The highest BCUT2D eigenvalue weighted by Gasteiger charge is 2.33. The van der Waals surface area contributed by atoms with Gasteiger partial charge in [0, 0.05) is 43.4 Å². The topological polar surface area (TPSA) is 82.6 Å². The lowest BCUT2D eigenvalue weighted by atomic mass is 9.89. The van der Waals surface area contributed by atoms with Crippen LogP contribution in [-0.4, -0.2) is 46.4 Å². The molecule has 0 spiro atoms. The third kappa shape index (κ3) is 4.46. The predicted octanol–water partition coefficient (Wildman–Crippen LogP) is 5.37. The van der Waals surface area contributed by atoms with E-state index in [4.69, 9.17) is 30.5 Å². The number of benzene rings is 2. The van der Waals surface area contributed by atoms with Crippen LogP contribution in [0.3, 0.4) is 0 Å². The van der Waals surface area contributed by atoms with Crippen LogP contribution < -0.4 is 15.3 Å². The van der Waals surface area contributed by atoms with Crippen molar-refractivity contribution >= 4 is 39.4 Å². The molecule has 9 heteroatoms. The van der Waals surface area contributed by atoms with E-state index < -0.39 is 0 Å². The Kier molecular flexibility index (Phi) is 6.32. The maximum absolute atomic E-state index is 13.0. The fourth-order valence-corrected chi connectivity index (χ4v) is 5.80. The minimum atomic E-state index is -0.300. The molecule has 37 heavy (non-hydrogen) atoms. The Bertz CT molecular complexity index is 1520. The Balaban J connectivity index is 1.33. The van der Waals surface area contributed by atoms with Gasteiger partial charge in [0.1, 0.15) is 23.2 Å². The van der Waals surface area contributed by atoms with Crippen molar-refractivity contribution in [2.24, 2.45) is 7.05 Å². The van der Waals surface area contributed by atoms with Crippen molar-refractivity contribution in [3.8, 4) is 5.75 Å². The second-order valence-corrected chi connectivity index (χ2v) is 10.6. The molecule has 2 fully saturated rings. The average molecular weight is 523 g/mol. The molecule has 3 atom stereocenters. The fourth-order valence-electron chi connectivity index (χ4n) is 5.59. The first-order valence-corrected chi connectivity index (χ1v) is 13.4. The third-order valence-electron chi connectivity index (χ3n) is 7.69. The highest BCUT2D eigenvalue weighted by Crippen LogP contribution is 2.39. The first-order chi connectivity index (χ1) is 17.9. The standard InChI is InChI=1S/C28H31ClN4O4/c1-4-18-12-17(27-30-22-11-16(2)5-6-24(22)37-27)7-9-33(18)26-20-13-21(29)25(36-19-8-10-35-15-19)14-23(20)32(3)28(34)31-26/h5-6,11,13-14,17-19H,4,7-10,12,15H2,1-3H3. The number of aromatic nitrogens is 3. The van der Waals surface area contributed by atoms with Crippen LogP contribution >= 0.6 is 11.6 Å². The van der Waals surface area contributed by atoms with Gasteiger partial charge in [-0.1, -0.05) is 24.6 Å². The summed E-state index contributed by atoms with van der Waals surface area (Å²) in [6.07, 6.45) is 3.42. The summed E-state index contributed by atoms with van der Waals surface area (Å²) in [4.78, 5) is 24.5. The highest BCUT2D eigenvalue weighted by molar-refractivity contribution is 6.33. The molecule has 0 bridgehead atoms. The molecule has 0 amide bonds. The van der Waals surface area contributed by atoms with E-state index in [9.17, 15) is 4.79 Å². The van der Waals surface area contributed by atoms with E-state index >= 15 is 0 Å². The van der Waals surface area contributed by atoms with E-state index in [0.717, 1.165) is 60.1 Å². The molecule has 2 aromatic heterocycles. The Morgan fingerprint density at radius 2 is 2.05 bits per heavy atom. The molecular formula is C28H31ClN4O4. The normalized spacial score (nSPS) is 22.3. The van der Waals surface area contributed by atoms with Crippen molar-refractivity contribution in [3.63, 3.8) is 0 Å². The largest absolute Gasteiger partial charge is 0.486 e. The van der Waals surface area contributed by atoms with E-state index in [0.29, 0.717) is 29.8 Å². The zero-order chi connectivity index (χ0) is 25.7. The second-order valence-electron chi connectivity index (χ2n) is 10.2. The number of nitrogens with zero attached hydrogens (tertiary/aromatic N) is 4. The van der Waals surface area contributed by atoms with E-state index in [2.05, 4.69) is 29.8 Å². The number of rotatable bonds is 5.